The van der Waals surface area contributed by atoms with Crippen LogP contribution in [0, 0.1) is 5.92 Å². The lowest BCUT2D eigenvalue weighted by Gasteiger charge is -2.14. The van der Waals surface area contributed by atoms with E-state index in [1.54, 1.807) is 0 Å². The molecule has 0 aliphatic heterocycles. The van der Waals surface area contributed by atoms with E-state index in [1.807, 2.05) is 0 Å². The highest BCUT2D eigenvalue weighted by Crippen LogP contribution is 2.32. The van der Waals surface area contributed by atoms with E-state index in [1.165, 1.54) is 4.98 Å². The summed E-state index contributed by atoms with van der Waals surface area (Å²) >= 11 is 0. The van der Waals surface area contributed by atoms with Crippen LogP contribution < -0.4 is 11.2 Å². The SMILES string of the molecule is O=C1C(CO)C(O)CC1n1cc(C(F)(F)F)c(=O)[nH]c1=O. The number of aromatic amines is 1. The van der Waals surface area contributed by atoms with E-state index in [4.69, 9.17) is 5.11 Å². The summed E-state index contributed by atoms with van der Waals surface area (Å²) in [4.78, 5) is 36.1. The van der Waals surface area contributed by atoms with Crippen LogP contribution in [0.15, 0.2) is 15.8 Å². The molecule has 0 aromatic carbocycles. The Morgan fingerprint density at radius 3 is 2.43 bits per heavy atom. The van der Waals surface area contributed by atoms with Crippen molar-refractivity contribution in [1.29, 1.82) is 0 Å². The van der Waals surface area contributed by atoms with Crippen molar-refractivity contribution in [3.05, 3.63) is 32.6 Å². The number of halogens is 3. The second kappa shape index (κ2) is 5.11. The number of hydrogen-bond acceptors (Lipinski definition) is 5. The number of rotatable bonds is 2. The van der Waals surface area contributed by atoms with Crippen molar-refractivity contribution in [2.45, 2.75) is 24.7 Å². The molecular formula is C11H11F3N2O5. The van der Waals surface area contributed by atoms with Crippen LogP contribution in [0.25, 0.3) is 0 Å². The van der Waals surface area contributed by atoms with Gasteiger partial charge in [-0.3, -0.25) is 19.1 Å². The van der Waals surface area contributed by atoms with Gasteiger partial charge in [-0.1, -0.05) is 0 Å². The molecule has 21 heavy (non-hydrogen) atoms. The standard InChI is InChI=1S/C11H11F3N2O5/c12-11(13,14)5-2-16(10(21)15-9(5)20)6-1-7(18)4(3-17)8(6)19/h2,4,6-7,17-18H,1,3H2,(H,15,20,21). The number of aliphatic hydroxyl groups excluding tert-OH is 2. The lowest BCUT2D eigenvalue weighted by atomic mass is 10.1. The Labute approximate surface area is 114 Å². The third-order valence-corrected chi connectivity index (χ3v) is 3.43. The van der Waals surface area contributed by atoms with Crippen LogP contribution in [0.1, 0.15) is 18.0 Å². The average Bonchev–Trinajstić information content (AvgIpc) is 2.62. The van der Waals surface area contributed by atoms with Crippen molar-refractivity contribution in [1.82, 2.24) is 9.55 Å². The first kappa shape index (κ1) is 15.4. The number of nitrogens with one attached hydrogen (secondary N) is 1. The van der Waals surface area contributed by atoms with Crippen molar-refractivity contribution >= 4 is 5.78 Å². The molecule has 3 atom stereocenters. The highest BCUT2D eigenvalue weighted by atomic mass is 19.4. The van der Waals surface area contributed by atoms with Gasteiger partial charge in [0.1, 0.15) is 5.56 Å². The summed E-state index contributed by atoms with van der Waals surface area (Å²) in [6.45, 7) is -0.680. The minimum Gasteiger partial charge on any atom is -0.396 e. The topological polar surface area (TPSA) is 112 Å². The van der Waals surface area contributed by atoms with Crippen molar-refractivity contribution in [2.24, 2.45) is 5.92 Å². The van der Waals surface area contributed by atoms with E-state index in [0.717, 1.165) is 0 Å². The molecule has 0 radical (unpaired) electrons. The quantitative estimate of drug-likeness (QED) is 0.651. The number of alkyl halides is 3. The molecule has 2 rings (SSSR count). The summed E-state index contributed by atoms with van der Waals surface area (Å²) in [5.41, 5.74) is -4.40. The van der Waals surface area contributed by atoms with Gasteiger partial charge in [-0.15, -0.1) is 0 Å². The third kappa shape index (κ3) is 2.63. The first-order valence-corrected chi connectivity index (χ1v) is 5.92. The number of aromatic nitrogens is 2. The van der Waals surface area contributed by atoms with E-state index in [0.29, 0.717) is 4.57 Å². The first-order chi connectivity index (χ1) is 9.66. The highest BCUT2D eigenvalue weighted by Gasteiger charge is 2.43. The van der Waals surface area contributed by atoms with Crippen LogP contribution in [0.2, 0.25) is 0 Å². The van der Waals surface area contributed by atoms with Crippen LogP contribution in [0.3, 0.4) is 0 Å². The first-order valence-electron chi connectivity index (χ1n) is 5.92. The fourth-order valence-electron chi connectivity index (χ4n) is 2.33. The fraction of sp³-hybridized carbons (Fsp3) is 0.545. The van der Waals surface area contributed by atoms with Gasteiger partial charge in [0, 0.05) is 12.6 Å². The van der Waals surface area contributed by atoms with E-state index in [2.05, 4.69) is 0 Å². The van der Waals surface area contributed by atoms with Crippen LogP contribution in [0.4, 0.5) is 13.2 Å². The maximum Gasteiger partial charge on any atom is 0.423 e. The van der Waals surface area contributed by atoms with Gasteiger partial charge in [-0.25, -0.2) is 4.79 Å². The Bertz CT molecular complexity index is 678. The molecule has 1 saturated carbocycles. The number of carbonyl (C=O) groups excluding carboxylic acids is 1. The van der Waals surface area contributed by atoms with Gasteiger partial charge in [0.25, 0.3) is 5.56 Å². The second-order valence-electron chi connectivity index (χ2n) is 4.72. The van der Waals surface area contributed by atoms with Crippen LogP contribution in [-0.2, 0) is 11.0 Å². The maximum absolute atomic E-state index is 12.7. The highest BCUT2D eigenvalue weighted by molar-refractivity contribution is 5.87. The molecule has 1 heterocycles. The molecule has 116 valence electrons. The summed E-state index contributed by atoms with van der Waals surface area (Å²) in [6, 6.07) is -1.36. The summed E-state index contributed by atoms with van der Waals surface area (Å²) in [6.07, 6.45) is -6.30. The molecule has 3 unspecified atom stereocenters. The largest absolute Gasteiger partial charge is 0.423 e. The van der Waals surface area contributed by atoms with Gasteiger partial charge in [0.05, 0.1) is 24.7 Å². The molecule has 10 heteroatoms. The Hall–Kier alpha value is -1.94. The summed E-state index contributed by atoms with van der Waals surface area (Å²) in [5.74, 6) is -1.92. The van der Waals surface area contributed by atoms with Crippen LogP contribution >= 0.6 is 0 Å². The average molecular weight is 308 g/mol. The monoisotopic (exact) mass is 308 g/mol. The Kier molecular flexibility index (Phi) is 3.76. The predicted molar refractivity (Wildman–Crippen MR) is 61.6 cm³/mol. The Morgan fingerprint density at radius 2 is 1.95 bits per heavy atom. The van der Waals surface area contributed by atoms with Gasteiger partial charge < -0.3 is 10.2 Å². The van der Waals surface area contributed by atoms with Gasteiger partial charge in [-0.2, -0.15) is 13.2 Å². The third-order valence-electron chi connectivity index (χ3n) is 3.43. The molecule has 1 aliphatic carbocycles. The zero-order chi connectivity index (χ0) is 15.9. The second-order valence-corrected chi connectivity index (χ2v) is 4.72. The van der Waals surface area contributed by atoms with E-state index in [9.17, 15) is 32.7 Å². The van der Waals surface area contributed by atoms with E-state index in [-0.39, 0.29) is 12.6 Å². The molecular weight excluding hydrogens is 297 g/mol. The van der Waals surface area contributed by atoms with Crippen LogP contribution in [-0.4, -0.2) is 38.3 Å². The van der Waals surface area contributed by atoms with E-state index < -0.39 is 53.4 Å². The molecule has 0 spiro atoms. The number of ketones is 1. The van der Waals surface area contributed by atoms with Gasteiger partial charge in [-0.05, 0) is 0 Å². The summed E-state index contributed by atoms with van der Waals surface area (Å²) in [5, 5.41) is 18.5. The lowest BCUT2D eigenvalue weighted by molar-refractivity contribution is -0.139. The molecule has 1 aromatic heterocycles. The number of aliphatic hydroxyl groups is 2. The number of hydrogen-bond donors (Lipinski definition) is 3. The van der Waals surface area contributed by atoms with Crippen LogP contribution in [0.5, 0.6) is 0 Å². The number of H-pyrrole nitrogens is 1. The molecule has 0 amide bonds. The number of nitrogens with zero attached hydrogens (tertiary/aromatic N) is 1. The van der Waals surface area contributed by atoms with E-state index >= 15 is 0 Å². The van der Waals surface area contributed by atoms with Gasteiger partial charge in [0.15, 0.2) is 5.78 Å². The predicted octanol–water partition coefficient (Wildman–Crippen LogP) is -0.961. The molecule has 1 aliphatic rings. The smallest absolute Gasteiger partial charge is 0.396 e. The number of Topliss-reactive ketones (excluding diaryl/α,β-unsaturated/α-hetero) is 1. The van der Waals surface area contributed by atoms with Gasteiger partial charge >= 0.3 is 11.9 Å². The van der Waals surface area contributed by atoms with Crippen molar-refractivity contribution < 1.29 is 28.2 Å². The zero-order valence-corrected chi connectivity index (χ0v) is 10.4. The molecule has 0 saturated heterocycles. The van der Waals surface area contributed by atoms with Gasteiger partial charge in [0.2, 0.25) is 0 Å². The fourth-order valence-corrected chi connectivity index (χ4v) is 2.33. The zero-order valence-electron chi connectivity index (χ0n) is 10.4. The van der Waals surface area contributed by atoms with Crippen molar-refractivity contribution in [3.8, 4) is 0 Å². The van der Waals surface area contributed by atoms with Crippen molar-refractivity contribution in [3.63, 3.8) is 0 Å². The summed E-state index contributed by atoms with van der Waals surface area (Å²) in [7, 11) is 0. The molecule has 7 nitrogen and oxygen atoms in total. The molecule has 3 N–H and O–H groups in total. The maximum atomic E-state index is 12.7. The number of carbonyl (C=O) groups is 1. The Morgan fingerprint density at radius 1 is 1.33 bits per heavy atom. The minimum absolute atomic E-state index is 0.260. The molecule has 1 aromatic rings. The van der Waals surface area contributed by atoms with Crippen molar-refractivity contribution in [2.75, 3.05) is 6.61 Å². The lowest BCUT2D eigenvalue weighted by Crippen LogP contribution is -2.38. The minimum atomic E-state index is -4.99. The molecule has 0 bridgehead atoms. The molecule has 1 fully saturated rings. The normalized spacial score (nSPS) is 26.3. The summed E-state index contributed by atoms with van der Waals surface area (Å²) < 4.78 is 38.4. The Balaban J connectivity index is 2.53.